The summed E-state index contributed by atoms with van der Waals surface area (Å²) in [6, 6.07) is 30.0. The highest BCUT2D eigenvalue weighted by Gasteiger charge is 2.30. The van der Waals surface area contributed by atoms with E-state index in [2.05, 4.69) is 70.2 Å². The summed E-state index contributed by atoms with van der Waals surface area (Å²) in [5.74, 6) is 0.282. The van der Waals surface area contributed by atoms with Gasteiger partial charge in [-0.05, 0) is 53.1 Å². The molecule has 0 spiro atoms. The van der Waals surface area contributed by atoms with Crippen LogP contribution >= 0.6 is 11.6 Å². The van der Waals surface area contributed by atoms with Gasteiger partial charge in [-0.1, -0.05) is 93.9 Å². The molecule has 0 atom stereocenters. The van der Waals surface area contributed by atoms with Gasteiger partial charge in [-0.2, -0.15) is 4.80 Å². The van der Waals surface area contributed by atoms with Crippen LogP contribution in [0.4, 0.5) is 0 Å². The predicted octanol–water partition coefficient (Wildman–Crippen LogP) is 7.43. The van der Waals surface area contributed by atoms with Crippen molar-refractivity contribution in [2.24, 2.45) is 0 Å². The molecule has 0 saturated heterocycles. The highest BCUT2D eigenvalue weighted by molar-refractivity contribution is 6.31. The normalized spacial score (nSPS) is 12.3. The number of hydrogen-bond acceptors (Lipinski definition) is 3. The van der Waals surface area contributed by atoms with Gasteiger partial charge < -0.3 is 5.11 Å². The minimum atomic E-state index is -0.460. The molecule has 4 aromatic carbocycles. The number of halogens is 1. The number of nitrogens with zero attached hydrogens (tertiary/aromatic N) is 3. The van der Waals surface area contributed by atoms with Gasteiger partial charge in [-0.3, -0.25) is 0 Å². The number of phenols is 1. The summed E-state index contributed by atoms with van der Waals surface area (Å²) in [4.78, 5) is 1.68. The smallest absolute Gasteiger partial charge is 0.119 e. The minimum absolute atomic E-state index is 0.267. The molecule has 5 aromatic rings. The standard InChI is InChI=1S/C30H28ClN3O/c1-29(2,20-10-6-5-7-11-20)21-16-22(30(3,4)25-12-8-9-13-28(25)35)18-24(17-21)34-32-26-15-14-23(31)19-27(26)33-34/h5-19,35H,1-4H3. The predicted molar refractivity (Wildman–Crippen MR) is 143 cm³/mol. The SMILES string of the molecule is CC(C)(c1ccccc1)c1cc(-n2nc3ccc(Cl)cc3n2)cc(C(C)(C)c2ccccc2O)c1. The Balaban J connectivity index is 1.74. The van der Waals surface area contributed by atoms with Crippen molar-refractivity contribution in [2.45, 2.75) is 38.5 Å². The van der Waals surface area contributed by atoms with Crippen LogP contribution in [0.5, 0.6) is 5.75 Å². The molecule has 0 aliphatic heterocycles. The number of para-hydroxylation sites is 1. The second kappa shape index (κ2) is 8.54. The highest BCUT2D eigenvalue weighted by atomic mass is 35.5. The number of rotatable bonds is 5. The van der Waals surface area contributed by atoms with E-state index in [1.54, 1.807) is 10.9 Å². The average molecular weight is 482 g/mol. The van der Waals surface area contributed by atoms with Crippen molar-refractivity contribution in [2.75, 3.05) is 0 Å². The third kappa shape index (κ3) is 4.19. The van der Waals surface area contributed by atoms with E-state index >= 15 is 0 Å². The quantitative estimate of drug-likeness (QED) is 0.284. The molecule has 176 valence electrons. The van der Waals surface area contributed by atoms with Crippen molar-refractivity contribution in [1.82, 2.24) is 15.0 Å². The van der Waals surface area contributed by atoms with E-state index in [9.17, 15) is 5.11 Å². The number of hydrogen-bond donors (Lipinski definition) is 1. The number of benzene rings is 4. The second-order valence-electron chi connectivity index (χ2n) is 10.0. The minimum Gasteiger partial charge on any atom is -0.508 e. The van der Waals surface area contributed by atoms with Gasteiger partial charge in [0, 0.05) is 21.4 Å². The van der Waals surface area contributed by atoms with Gasteiger partial charge in [-0.15, -0.1) is 10.2 Å². The van der Waals surface area contributed by atoms with E-state index in [1.807, 2.05) is 42.5 Å². The molecule has 0 aliphatic carbocycles. The summed E-state index contributed by atoms with van der Waals surface area (Å²) in [5, 5.41) is 20.8. The second-order valence-corrected chi connectivity index (χ2v) is 10.5. The molecule has 0 unspecified atom stereocenters. The van der Waals surface area contributed by atoms with E-state index < -0.39 is 5.41 Å². The van der Waals surface area contributed by atoms with Crippen LogP contribution < -0.4 is 0 Å². The summed E-state index contributed by atoms with van der Waals surface area (Å²) in [7, 11) is 0. The highest BCUT2D eigenvalue weighted by Crippen LogP contribution is 2.40. The Morgan fingerprint density at radius 2 is 1.29 bits per heavy atom. The molecule has 0 amide bonds. The van der Waals surface area contributed by atoms with Gasteiger partial charge >= 0.3 is 0 Å². The van der Waals surface area contributed by atoms with Crippen LogP contribution in [-0.2, 0) is 10.8 Å². The Hall–Kier alpha value is -3.63. The molecule has 5 rings (SSSR count). The van der Waals surface area contributed by atoms with E-state index in [0.29, 0.717) is 5.02 Å². The first-order valence-electron chi connectivity index (χ1n) is 11.7. The molecule has 0 aliphatic rings. The van der Waals surface area contributed by atoms with Crippen LogP contribution in [0.2, 0.25) is 5.02 Å². The summed E-state index contributed by atoms with van der Waals surface area (Å²) < 4.78 is 0. The van der Waals surface area contributed by atoms with Gasteiger partial charge in [0.15, 0.2) is 0 Å². The largest absolute Gasteiger partial charge is 0.508 e. The first-order valence-corrected chi connectivity index (χ1v) is 12.1. The fourth-order valence-corrected chi connectivity index (χ4v) is 4.80. The van der Waals surface area contributed by atoms with Crippen molar-refractivity contribution >= 4 is 22.6 Å². The maximum atomic E-state index is 10.7. The molecule has 1 N–H and O–H groups in total. The maximum absolute atomic E-state index is 10.7. The van der Waals surface area contributed by atoms with Gasteiger partial charge in [-0.25, -0.2) is 0 Å². The van der Waals surface area contributed by atoms with Gasteiger partial charge in [0.1, 0.15) is 16.8 Å². The number of aromatic nitrogens is 3. The van der Waals surface area contributed by atoms with Crippen LogP contribution in [0.15, 0.2) is 91.0 Å². The topological polar surface area (TPSA) is 50.9 Å². The van der Waals surface area contributed by atoms with E-state index in [1.165, 1.54) is 5.56 Å². The third-order valence-electron chi connectivity index (χ3n) is 7.01. The van der Waals surface area contributed by atoms with Crippen molar-refractivity contribution in [3.63, 3.8) is 0 Å². The summed E-state index contributed by atoms with van der Waals surface area (Å²) in [5.41, 5.74) is 5.94. The molecule has 1 heterocycles. The molecule has 0 fully saturated rings. The summed E-state index contributed by atoms with van der Waals surface area (Å²) in [6.45, 7) is 8.72. The lowest BCUT2D eigenvalue weighted by atomic mass is 9.73. The van der Waals surface area contributed by atoms with Crippen LogP contribution in [0, 0.1) is 0 Å². The van der Waals surface area contributed by atoms with Crippen molar-refractivity contribution in [3.8, 4) is 11.4 Å². The van der Waals surface area contributed by atoms with Gasteiger partial charge in [0.2, 0.25) is 0 Å². The molecule has 35 heavy (non-hydrogen) atoms. The molecule has 0 saturated carbocycles. The van der Waals surface area contributed by atoms with Gasteiger partial charge in [0.25, 0.3) is 0 Å². The van der Waals surface area contributed by atoms with Crippen LogP contribution in [0.1, 0.15) is 49.9 Å². The first kappa shape index (κ1) is 23.1. The molecular weight excluding hydrogens is 454 g/mol. The van der Waals surface area contributed by atoms with Crippen molar-refractivity contribution < 1.29 is 5.11 Å². The number of phenolic OH excluding ortho intramolecular Hbond substituents is 1. The van der Waals surface area contributed by atoms with Crippen molar-refractivity contribution in [1.29, 1.82) is 0 Å². The Labute approximate surface area is 210 Å². The number of aromatic hydroxyl groups is 1. The van der Waals surface area contributed by atoms with Crippen molar-refractivity contribution in [3.05, 3.63) is 118 Å². The molecule has 0 bridgehead atoms. The number of fused-ring (bicyclic) bond motifs is 1. The molecular formula is C30H28ClN3O. The molecule has 4 nitrogen and oxygen atoms in total. The fourth-order valence-electron chi connectivity index (χ4n) is 4.63. The van der Waals surface area contributed by atoms with Crippen LogP contribution in [0.3, 0.4) is 0 Å². The fraction of sp³-hybridized carbons (Fsp3) is 0.200. The zero-order valence-electron chi connectivity index (χ0n) is 20.3. The first-order chi connectivity index (χ1) is 16.7. The van der Waals surface area contributed by atoms with Crippen LogP contribution in [0.25, 0.3) is 16.7 Å². The maximum Gasteiger partial charge on any atom is 0.119 e. The summed E-state index contributed by atoms with van der Waals surface area (Å²) in [6.07, 6.45) is 0. The lowest BCUT2D eigenvalue weighted by Crippen LogP contribution is -2.24. The Bertz CT molecular complexity index is 1520. The Morgan fingerprint density at radius 1 is 0.657 bits per heavy atom. The van der Waals surface area contributed by atoms with Crippen LogP contribution in [-0.4, -0.2) is 20.1 Å². The Kier molecular flexibility index (Phi) is 5.65. The van der Waals surface area contributed by atoms with Gasteiger partial charge in [0.05, 0.1) is 5.69 Å². The Morgan fingerprint density at radius 3 is 2.00 bits per heavy atom. The molecule has 0 radical (unpaired) electrons. The molecule has 5 heteroatoms. The zero-order chi connectivity index (χ0) is 24.8. The summed E-state index contributed by atoms with van der Waals surface area (Å²) >= 11 is 6.19. The lowest BCUT2D eigenvalue weighted by molar-refractivity contribution is 0.453. The third-order valence-corrected chi connectivity index (χ3v) is 7.24. The monoisotopic (exact) mass is 481 g/mol. The molecule has 1 aromatic heterocycles. The zero-order valence-corrected chi connectivity index (χ0v) is 21.1. The van der Waals surface area contributed by atoms with E-state index in [4.69, 9.17) is 21.8 Å². The van der Waals surface area contributed by atoms with E-state index in [0.717, 1.165) is 33.4 Å². The van der Waals surface area contributed by atoms with E-state index in [-0.39, 0.29) is 11.2 Å². The average Bonchev–Trinajstić information content (AvgIpc) is 3.28. The lowest BCUT2D eigenvalue weighted by Gasteiger charge is -2.31.